The van der Waals surface area contributed by atoms with Crippen LogP contribution in [-0.4, -0.2) is 25.9 Å². The predicted molar refractivity (Wildman–Crippen MR) is 106 cm³/mol. The lowest BCUT2D eigenvalue weighted by molar-refractivity contribution is 0.0950. The third-order valence-corrected chi connectivity index (χ3v) is 6.66. The zero-order valence-corrected chi connectivity index (χ0v) is 16.2. The number of hydrogen-bond acceptors (Lipinski definition) is 4. The van der Waals surface area contributed by atoms with Crippen LogP contribution in [0.2, 0.25) is 0 Å². The van der Waals surface area contributed by atoms with Gasteiger partial charge in [-0.25, -0.2) is 12.8 Å². The first kappa shape index (κ1) is 19.1. The average molecular weight is 411 g/mol. The van der Waals surface area contributed by atoms with Crippen molar-refractivity contribution in [3.8, 4) is 0 Å². The lowest BCUT2D eigenvalue weighted by atomic mass is 10.0. The van der Waals surface area contributed by atoms with Crippen molar-refractivity contribution in [2.24, 2.45) is 0 Å². The van der Waals surface area contributed by atoms with Crippen LogP contribution in [0.15, 0.2) is 71.9 Å². The van der Waals surface area contributed by atoms with E-state index in [-0.39, 0.29) is 17.3 Å². The van der Waals surface area contributed by atoms with Crippen LogP contribution in [0, 0.1) is 5.82 Å². The minimum atomic E-state index is -4.06. The summed E-state index contributed by atoms with van der Waals surface area (Å²) < 4.78 is 41.3. The standard InChI is InChI=1S/C21H18FN3O3S/c22-18-7-1-2-9-20(18)29(27,28)25-12-10-16-17(6-3-8-19(16)25)21(26)24-14-15-5-4-11-23-13-15/h1-9,11,13H,10,12,14H2,(H,24,26). The van der Waals surface area contributed by atoms with E-state index in [0.29, 0.717) is 29.8 Å². The Morgan fingerprint density at radius 3 is 2.69 bits per heavy atom. The van der Waals surface area contributed by atoms with Crippen molar-refractivity contribution in [2.45, 2.75) is 17.9 Å². The highest BCUT2D eigenvalue weighted by Crippen LogP contribution is 2.35. The number of carbonyl (C=O) groups is 1. The van der Waals surface area contributed by atoms with Gasteiger partial charge in [-0.15, -0.1) is 0 Å². The Balaban J connectivity index is 1.62. The van der Waals surface area contributed by atoms with Crippen molar-refractivity contribution in [1.82, 2.24) is 10.3 Å². The first-order valence-corrected chi connectivity index (χ1v) is 10.5. The van der Waals surface area contributed by atoms with Gasteiger partial charge in [0.15, 0.2) is 0 Å². The second-order valence-corrected chi connectivity index (χ2v) is 8.44. The van der Waals surface area contributed by atoms with E-state index in [1.807, 2.05) is 6.07 Å². The summed E-state index contributed by atoms with van der Waals surface area (Å²) >= 11 is 0. The van der Waals surface area contributed by atoms with Gasteiger partial charge in [-0.3, -0.25) is 14.1 Å². The summed E-state index contributed by atoms with van der Waals surface area (Å²) in [4.78, 5) is 16.3. The molecule has 29 heavy (non-hydrogen) atoms. The molecule has 148 valence electrons. The molecule has 0 saturated carbocycles. The molecule has 4 rings (SSSR count). The van der Waals surface area contributed by atoms with Gasteiger partial charge in [0.2, 0.25) is 0 Å². The zero-order chi connectivity index (χ0) is 20.4. The molecule has 1 aliphatic rings. The molecule has 1 aliphatic heterocycles. The number of aromatic nitrogens is 1. The van der Waals surface area contributed by atoms with E-state index in [0.717, 1.165) is 11.6 Å². The quantitative estimate of drug-likeness (QED) is 0.700. The smallest absolute Gasteiger partial charge is 0.267 e. The molecule has 3 aromatic rings. The lowest BCUT2D eigenvalue weighted by Gasteiger charge is -2.20. The number of benzene rings is 2. The van der Waals surface area contributed by atoms with E-state index < -0.39 is 15.8 Å². The Kier molecular flexibility index (Phi) is 5.02. The Labute approximate surface area is 168 Å². The summed E-state index contributed by atoms with van der Waals surface area (Å²) in [5, 5.41) is 2.83. The fraction of sp³-hybridized carbons (Fsp3) is 0.143. The van der Waals surface area contributed by atoms with E-state index in [4.69, 9.17) is 0 Å². The molecular formula is C21H18FN3O3S. The molecule has 0 saturated heterocycles. The summed E-state index contributed by atoms with van der Waals surface area (Å²) in [5.41, 5.74) is 2.31. The predicted octanol–water partition coefficient (Wildman–Crippen LogP) is 2.90. The van der Waals surface area contributed by atoms with Crippen molar-refractivity contribution in [3.63, 3.8) is 0 Å². The van der Waals surface area contributed by atoms with E-state index in [2.05, 4.69) is 10.3 Å². The van der Waals surface area contributed by atoms with Crippen molar-refractivity contribution in [2.75, 3.05) is 10.8 Å². The highest BCUT2D eigenvalue weighted by atomic mass is 32.2. The largest absolute Gasteiger partial charge is 0.348 e. The summed E-state index contributed by atoms with van der Waals surface area (Å²) in [5.74, 6) is -1.10. The van der Waals surface area contributed by atoms with Gasteiger partial charge < -0.3 is 5.32 Å². The number of fused-ring (bicyclic) bond motifs is 1. The maximum Gasteiger partial charge on any atom is 0.267 e. The molecule has 0 spiro atoms. The molecule has 0 unspecified atom stereocenters. The van der Waals surface area contributed by atoms with E-state index in [9.17, 15) is 17.6 Å². The molecule has 2 heterocycles. The Morgan fingerprint density at radius 1 is 1.10 bits per heavy atom. The number of nitrogens with one attached hydrogen (secondary N) is 1. The lowest BCUT2D eigenvalue weighted by Crippen LogP contribution is -2.29. The first-order valence-electron chi connectivity index (χ1n) is 9.05. The topological polar surface area (TPSA) is 79.4 Å². The highest BCUT2D eigenvalue weighted by molar-refractivity contribution is 7.92. The molecule has 0 atom stereocenters. The van der Waals surface area contributed by atoms with Gasteiger partial charge in [0, 0.05) is 31.0 Å². The number of anilines is 1. The van der Waals surface area contributed by atoms with Gasteiger partial charge in [0.1, 0.15) is 10.7 Å². The molecule has 0 fully saturated rings. The monoisotopic (exact) mass is 411 g/mol. The summed E-state index contributed by atoms with van der Waals surface area (Å²) in [6.45, 7) is 0.465. The first-order chi connectivity index (χ1) is 14.0. The molecule has 2 aromatic carbocycles. The van der Waals surface area contributed by atoms with Crippen LogP contribution >= 0.6 is 0 Å². The van der Waals surface area contributed by atoms with Crippen molar-refractivity contribution in [1.29, 1.82) is 0 Å². The van der Waals surface area contributed by atoms with Crippen LogP contribution in [0.5, 0.6) is 0 Å². The van der Waals surface area contributed by atoms with E-state index in [1.165, 1.54) is 22.5 Å². The van der Waals surface area contributed by atoms with Crippen LogP contribution in [-0.2, 0) is 23.0 Å². The van der Waals surface area contributed by atoms with E-state index >= 15 is 0 Å². The number of sulfonamides is 1. The van der Waals surface area contributed by atoms with Gasteiger partial charge in [0.05, 0.1) is 5.69 Å². The Bertz CT molecular complexity index is 1170. The van der Waals surface area contributed by atoms with Crippen LogP contribution in [0.1, 0.15) is 21.5 Å². The molecule has 0 radical (unpaired) electrons. The van der Waals surface area contributed by atoms with Crippen LogP contribution in [0.3, 0.4) is 0 Å². The highest BCUT2D eigenvalue weighted by Gasteiger charge is 2.34. The second-order valence-electron chi connectivity index (χ2n) is 6.60. The van der Waals surface area contributed by atoms with Gasteiger partial charge >= 0.3 is 0 Å². The SMILES string of the molecule is O=C(NCc1cccnc1)c1cccc2c1CCN2S(=O)(=O)c1ccccc1F. The van der Waals surface area contributed by atoms with E-state index in [1.54, 1.807) is 36.7 Å². The van der Waals surface area contributed by atoms with Crippen LogP contribution in [0.4, 0.5) is 10.1 Å². The minimum Gasteiger partial charge on any atom is -0.348 e. The van der Waals surface area contributed by atoms with Crippen LogP contribution in [0.25, 0.3) is 0 Å². The molecule has 1 amide bonds. The normalized spacial score (nSPS) is 13.2. The van der Waals surface area contributed by atoms with Gasteiger partial charge in [-0.1, -0.05) is 24.3 Å². The van der Waals surface area contributed by atoms with Gasteiger partial charge in [0.25, 0.3) is 15.9 Å². The number of amides is 1. The number of nitrogens with zero attached hydrogens (tertiary/aromatic N) is 2. The molecular weight excluding hydrogens is 393 g/mol. The number of rotatable bonds is 5. The number of hydrogen-bond donors (Lipinski definition) is 1. The maximum absolute atomic E-state index is 14.1. The minimum absolute atomic E-state index is 0.152. The third-order valence-electron chi connectivity index (χ3n) is 4.81. The maximum atomic E-state index is 14.1. The number of carbonyl (C=O) groups excluding carboxylic acids is 1. The molecule has 0 aliphatic carbocycles. The van der Waals surface area contributed by atoms with Crippen LogP contribution < -0.4 is 9.62 Å². The molecule has 6 nitrogen and oxygen atoms in total. The second kappa shape index (κ2) is 7.63. The molecule has 1 aromatic heterocycles. The average Bonchev–Trinajstić information content (AvgIpc) is 3.18. The molecule has 1 N–H and O–H groups in total. The fourth-order valence-corrected chi connectivity index (χ4v) is 4.98. The van der Waals surface area contributed by atoms with Gasteiger partial charge in [-0.2, -0.15) is 0 Å². The van der Waals surface area contributed by atoms with Gasteiger partial charge in [-0.05, 0) is 47.9 Å². The third kappa shape index (κ3) is 3.58. The Morgan fingerprint density at radius 2 is 1.93 bits per heavy atom. The molecule has 8 heteroatoms. The fourth-order valence-electron chi connectivity index (χ4n) is 3.42. The molecule has 0 bridgehead atoms. The Hall–Kier alpha value is -3.26. The summed E-state index contributed by atoms with van der Waals surface area (Å²) in [6, 6.07) is 13.9. The summed E-state index contributed by atoms with van der Waals surface area (Å²) in [7, 11) is -4.06. The van der Waals surface area contributed by atoms with Crippen molar-refractivity contribution >= 4 is 21.6 Å². The number of pyridine rings is 1. The number of halogens is 1. The van der Waals surface area contributed by atoms with Crippen molar-refractivity contribution in [3.05, 3.63) is 89.5 Å². The summed E-state index contributed by atoms with van der Waals surface area (Å²) in [6.07, 6.45) is 3.69. The van der Waals surface area contributed by atoms with Crippen molar-refractivity contribution < 1.29 is 17.6 Å². The zero-order valence-electron chi connectivity index (χ0n) is 15.4.